The van der Waals surface area contributed by atoms with Crippen LogP contribution in [0.2, 0.25) is 13.1 Å². The molecule has 1 aliphatic carbocycles. The zero-order valence-electron chi connectivity index (χ0n) is 11.3. The fourth-order valence-electron chi connectivity index (χ4n) is 2.05. The standard InChI is InChI=1S/C14H18N2O2Si/c1-19(2)16(11-6-4-3-5-7-11)15-13-9-8-12(17)10-14(13)18/h3-7,19H,8-10H2,1-2H3. The summed E-state index contributed by atoms with van der Waals surface area (Å²) in [5.41, 5.74) is 1.56. The predicted molar refractivity (Wildman–Crippen MR) is 79.1 cm³/mol. The third-order valence-corrected chi connectivity index (χ3v) is 4.45. The van der Waals surface area contributed by atoms with Gasteiger partial charge in [-0.05, 0) is 12.1 Å². The van der Waals surface area contributed by atoms with E-state index in [0.29, 0.717) is 18.6 Å². The Kier molecular flexibility index (Phi) is 4.26. The van der Waals surface area contributed by atoms with Crippen LogP contribution in [0, 0.1) is 0 Å². The van der Waals surface area contributed by atoms with Gasteiger partial charge >= 0.3 is 0 Å². The molecule has 0 heterocycles. The fraction of sp³-hybridized carbons (Fsp3) is 0.357. The number of ketones is 2. The molecule has 0 saturated heterocycles. The Morgan fingerprint density at radius 1 is 1.11 bits per heavy atom. The zero-order chi connectivity index (χ0) is 13.8. The second-order valence-electron chi connectivity index (χ2n) is 4.96. The molecular formula is C14H18N2O2Si. The average Bonchev–Trinajstić information content (AvgIpc) is 2.38. The minimum Gasteiger partial charge on any atom is -0.299 e. The Morgan fingerprint density at radius 3 is 2.37 bits per heavy atom. The number of Topliss-reactive ketones (excluding diaryl/α,β-unsaturated/α-hetero) is 2. The van der Waals surface area contributed by atoms with Crippen LogP contribution in [-0.4, -0.2) is 26.2 Å². The van der Waals surface area contributed by atoms with Gasteiger partial charge in [0.05, 0.1) is 6.42 Å². The molecule has 0 spiro atoms. The minimum absolute atomic E-state index is 0.0150. The highest BCUT2D eigenvalue weighted by atomic mass is 28.3. The van der Waals surface area contributed by atoms with E-state index in [-0.39, 0.29) is 18.0 Å². The van der Waals surface area contributed by atoms with Crippen molar-refractivity contribution in [3.8, 4) is 0 Å². The normalized spacial score (nSPS) is 18.2. The van der Waals surface area contributed by atoms with Crippen LogP contribution in [0.3, 0.4) is 0 Å². The maximum atomic E-state index is 11.8. The molecule has 0 aliphatic heterocycles. The Balaban J connectivity index is 2.26. The molecule has 1 saturated carbocycles. The van der Waals surface area contributed by atoms with Crippen molar-refractivity contribution in [3.63, 3.8) is 0 Å². The summed E-state index contributed by atoms with van der Waals surface area (Å²) in [4.78, 5) is 23.1. The number of carbonyl (C=O) groups is 2. The molecule has 19 heavy (non-hydrogen) atoms. The van der Waals surface area contributed by atoms with E-state index in [1.165, 1.54) is 0 Å². The Morgan fingerprint density at radius 2 is 1.79 bits per heavy atom. The first-order valence-corrected chi connectivity index (χ1v) is 9.37. The molecule has 5 heteroatoms. The van der Waals surface area contributed by atoms with Gasteiger partial charge in [0.1, 0.15) is 11.5 Å². The Labute approximate surface area is 114 Å². The molecule has 1 aromatic rings. The highest BCUT2D eigenvalue weighted by Gasteiger charge is 2.24. The number of hydrazone groups is 1. The molecule has 2 rings (SSSR count). The summed E-state index contributed by atoms with van der Waals surface area (Å²) >= 11 is 0. The molecule has 0 N–H and O–H groups in total. The van der Waals surface area contributed by atoms with Gasteiger partial charge in [-0.15, -0.1) is 0 Å². The minimum atomic E-state index is -1.22. The fourth-order valence-corrected chi connectivity index (χ4v) is 3.19. The molecule has 0 aromatic heterocycles. The molecule has 1 fully saturated rings. The summed E-state index contributed by atoms with van der Waals surface area (Å²) in [6.45, 7) is 4.32. The Hall–Kier alpha value is -1.75. The van der Waals surface area contributed by atoms with Gasteiger partial charge in [0, 0.05) is 18.5 Å². The maximum Gasteiger partial charge on any atom is 0.186 e. The van der Waals surface area contributed by atoms with Crippen LogP contribution < -0.4 is 4.67 Å². The van der Waals surface area contributed by atoms with E-state index in [0.717, 1.165) is 5.69 Å². The van der Waals surface area contributed by atoms with Crippen molar-refractivity contribution >= 4 is 31.9 Å². The van der Waals surface area contributed by atoms with Crippen molar-refractivity contribution in [1.29, 1.82) is 0 Å². The van der Waals surface area contributed by atoms with E-state index >= 15 is 0 Å². The van der Waals surface area contributed by atoms with Gasteiger partial charge in [0.15, 0.2) is 14.7 Å². The molecule has 0 bridgehead atoms. The van der Waals surface area contributed by atoms with Crippen LogP contribution in [0.15, 0.2) is 35.4 Å². The second kappa shape index (κ2) is 5.93. The predicted octanol–water partition coefficient (Wildman–Crippen LogP) is 2.15. The first-order valence-electron chi connectivity index (χ1n) is 6.54. The summed E-state index contributed by atoms with van der Waals surface area (Å²) in [5, 5.41) is 4.53. The van der Waals surface area contributed by atoms with Crippen LogP contribution in [-0.2, 0) is 9.59 Å². The van der Waals surface area contributed by atoms with Gasteiger partial charge in [-0.2, -0.15) is 5.10 Å². The molecule has 1 aliphatic rings. The van der Waals surface area contributed by atoms with Gasteiger partial charge in [-0.1, -0.05) is 31.3 Å². The molecule has 4 nitrogen and oxygen atoms in total. The van der Waals surface area contributed by atoms with Gasteiger partial charge in [-0.3, -0.25) is 14.3 Å². The monoisotopic (exact) mass is 274 g/mol. The molecule has 100 valence electrons. The first kappa shape index (κ1) is 13.7. The summed E-state index contributed by atoms with van der Waals surface area (Å²) < 4.78 is 1.98. The van der Waals surface area contributed by atoms with Crippen LogP contribution in [0.25, 0.3) is 0 Å². The number of rotatable bonds is 3. The lowest BCUT2D eigenvalue weighted by Gasteiger charge is -2.25. The topological polar surface area (TPSA) is 49.7 Å². The average molecular weight is 274 g/mol. The summed E-state index contributed by atoms with van der Waals surface area (Å²) in [6, 6.07) is 9.88. The summed E-state index contributed by atoms with van der Waals surface area (Å²) in [7, 11) is -1.22. The van der Waals surface area contributed by atoms with E-state index in [2.05, 4.69) is 18.2 Å². The number of anilines is 1. The van der Waals surface area contributed by atoms with Crippen LogP contribution in [0.5, 0.6) is 0 Å². The lowest BCUT2D eigenvalue weighted by molar-refractivity contribution is -0.125. The molecule has 0 radical (unpaired) electrons. The van der Waals surface area contributed by atoms with Crippen molar-refractivity contribution in [2.24, 2.45) is 5.10 Å². The number of nitrogens with zero attached hydrogens (tertiary/aromatic N) is 2. The second-order valence-corrected chi connectivity index (χ2v) is 7.64. The highest BCUT2D eigenvalue weighted by molar-refractivity contribution is 6.60. The maximum absolute atomic E-state index is 11.8. The van der Waals surface area contributed by atoms with Crippen LogP contribution in [0.1, 0.15) is 19.3 Å². The zero-order valence-corrected chi connectivity index (χ0v) is 12.5. The van der Waals surface area contributed by atoms with Crippen molar-refractivity contribution in [2.75, 3.05) is 4.67 Å². The Bertz CT molecular complexity index is 511. The first-order chi connectivity index (χ1) is 9.08. The smallest absolute Gasteiger partial charge is 0.186 e. The van der Waals surface area contributed by atoms with E-state index < -0.39 is 8.96 Å². The summed E-state index contributed by atoms with van der Waals surface area (Å²) in [6.07, 6.45) is 0.927. The van der Waals surface area contributed by atoms with Gasteiger partial charge < -0.3 is 0 Å². The van der Waals surface area contributed by atoms with E-state index in [1.54, 1.807) is 0 Å². The lowest BCUT2D eigenvalue weighted by atomic mass is 9.96. The molecule has 0 unspecified atom stereocenters. The number of carbonyl (C=O) groups excluding carboxylic acids is 2. The number of para-hydroxylation sites is 1. The molecule has 1 aromatic carbocycles. The van der Waals surface area contributed by atoms with Crippen molar-refractivity contribution in [1.82, 2.24) is 0 Å². The third-order valence-electron chi connectivity index (χ3n) is 3.06. The lowest BCUT2D eigenvalue weighted by Crippen LogP contribution is -2.34. The molecular weight excluding hydrogens is 256 g/mol. The van der Waals surface area contributed by atoms with Crippen molar-refractivity contribution < 1.29 is 9.59 Å². The van der Waals surface area contributed by atoms with Gasteiger partial charge in [0.2, 0.25) is 0 Å². The number of hydrogen-bond donors (Lipinski definition) is 0. The van der Waals surface area contributed by atoms with Gasteiger partial charge in [-0.25, -0.2) is 0 Å². The highest BCUT2D eigenvalue weighted by Crippen LogP contribution is 2.18. The van der Waals surface area contributed by atoms with E-state index in [4.69, 9.17) is 0 Å². The quantitative estimate of drug-likeness (QED) is 0.482. The largest absolute Gasteiger partial charge is 0.299 e. The van der Waals surface area contributed by atoms with E-state index in [1.807, 2.05) is 35.0 Å². The molecule has 0 amide bonds. The van der Waals surface area contributed by atoms with E-state index in [9.17, 15) is 9.59 Å². The number of benzene rings is 1. The van der Waals surface area contributed by atoms with Crippen molar-refractivity contribution in [3.05, 3.63) is 30.3 Å². The third kappa shape index (κ3) is 3.38. The SMILES string of the molecule is C[SiH](C)N(N=C1CCC(=O)CC1=O)c1ccccc1. The van der Waals surface area contributed by atoms with Crippen molar-refractivity contribution in [2.45, 2.75) is 32.4 Å². The summed E-state index contributed by atoms with van der Waals surface area (Å²) in [5.74, 6) is -0.0937. The number of hydrogen-bond acceptors (Lipinski definition) is 4. The van der Waals surface area contributed by atoms with Crippen LogP contribution in [0.4, 0.5) is 5.69 Å². The molecule has 0 atom stereocenters. The van der Waals surface area contributed by atoms with Crippen LogP contribution >= 0.6 is 0 Å². The van der Waals surface area contributed by atoms with Gasteiger partial charge in [0.25, 0.3) is 0 Å².